The molecule has 1 aliphatic carbocycles. The Balaban J connectivity index is 2.13. The van der Waals surface area contributed by atoms with E-state index in [4.69, 9.17) is 0 Å². The molecule has 1 aliphatic rings. The van der Waals surface area contributed by atoms with Gasteiger partial charge in [-0.3, -0.25) is 18.7 Å². The van der Waals surface area contributed by atoms with E-state index in [0.29, 0.717) is 17.2 Å². The first kappa shape index (κ1) is 14.3. The second-order valence-electron chi connectivity index (χ2n) is 6.57. The third kappa shape index (κ3) is 1.85. The van der Waals surface area contributed by atoms with Gasteiger partial charge in [-0.15, -0.1) is 0 Å². The fraction of sp³-hybridized carbons (Fsp3) is 0.562. The maximum atomic E-state index is 12.3. The summed E-state index contributed by atoms with van der Waals surface area (Å²) >= 11 is 0. The van der Waals surface area contributed by atoms with E-state index in [1.165, 1.54) is 23.8 Å². The van der Waals surface area contributed by atoms with Gasteiger partial charge in [0.15, 0.2) is 11.2 Å². The molecule has 1 fully saturated rings. The van der Waals surface area contributed by atoms with Crippen molar-refractivity contribution in [2.24, 2.45) is 7.05 Å². The third-order valence-electron chi connectivity index (χ3n) is 5.27. The van der Waals surface area contributed by atoms with Crippen LogP contribution in [-0.4, -0.2) is 23.5 Å². The van der Waals surface area contributed by atoms with Gasteiger partial charge >= 0.3 is 5.69 Å². The number of aromatic amines is 1. The van der Waals surface area contributed by atoms with E-state index in [2.05, 4.69) is 21.5 Å². The Morgan fingerprint density at radius 3 is 2.48 bits per heavy atom. The second-order valence-corrected chi connectivity index (χ2v) is 6.57. The van der Waals surface area contributed by atoms with Gasteiger partial charge in [0.25, 0.3) is 5.56 Å². The largest absolute Gasteiger partial charge is 0.329 e. The zero-order chi connectivity index (χ0) is 16.3. The number of hydrogen-bond donors (Lipinski definition) is 1. The summed E-state index contributed by atoms with van der Waals surface area (Å²) in [4.78, 5) is 31.2. The molecule has 0 saturated heterocycles. The number of hydrogen-bond acceptors (Lipinski definition) is 3. The van der Waals surface area contributed by atoms with Crippen LogP contribution >= 0.6 is 0 Å². The minimum atomic E-state index is -0.429. The van der Waals surface area contributed by atoms with E-state index < -0.39 is 5.69 Å². The van der Waals surface area contributed by atoms with Gasteiger partial charge in [0.05, 0.1) is 0 Å². The summed E-state index contributed by atoms with van der Waals surface area (Å²) in [5.74, 6) is 0.772. The van der Waals surface area contributed by atoms with Gasteiger partial charge in [-0.1, -0.05) is 19.3 Å². The van der Waals surface area contributed by atoms with Crippen LogP contribution < -0.4 is 11.2 Å². The molecule has 1 saturated carbocycles. The summed E-state index contributed by atoms with van der Waals surface area (Å²) in [6, 6.07) is 0.424. The smallest absolute Gasteiger partial charge is 0.311 e. The second kappa shape index (κ2) is 4.84. The van der Waals surface area contributed by atoms with Crippen molar-refractivity contribution in [3.8, 4) is 0 Å². The Bertz CT molecular complexity index is 1030. The van der Waals surface area contributed by atoms with Crippen LogP contribution in [0.15, 0.2) is 9.59 Å². The van der Waals surface area contributed by atoms with E-state index >= 15 is 0 Å². The highest BCUT2D eigenvalue weighted by Crippen LogP contribution is 2.33. The number of rotatable bonds is 1. The highest BCUT2D eigenvalue weighted by Gasteiger charge is 2.25. The minimum Gasteiger partial charge on any atom is -0.311 e. The fourth-order valence-electron chi connectivity index (χ4n) is 3.91. The topological polar surface area (TPSA) is 77.1 Å². The Labute approximate surface area is 132 Å². The van der Waals surface area contributed by atoms with Gasteiger partial charge in [0.2, 0.25) is 5.78 Å². The summed E-state index contributed by atoms with van der Waals surface area (Å²) in [7, 11) is 1.64. The Morgan fingerprint density at radius 2 is 1.78 bits per heavy atom. The molecule has 0 radical (unpaired) electrons. The standard InChI is InChI=1S/C16H21N5O2/c1-9-10(2)21-12-13(19(3)16(23)18-14(12)22)17-15(21)20(9)11-7-5-4-6-8-11/h11H,4-8H2,1-3H3,(H,18,22,23). The molecule has 0 aliphatic heterocycles. The fourth-order valence-corrected chi connectivity index (χ4v) is 3.91. The summed E-state index contributed by atoms with van der Waals surface area (Å²) < 4.78 is 5.57. The van der Waals surface area contributed by atoms with Crippen LogP contribution in [0, 0.1) is 13.8 Å². The lowest BCUT2D eigenvalue weighted by Crippen LogP contribution is -2.28. The number of aromatic nitrogens is 5. The predicted molar refractivity (Wildman–Crippen MR) is 88.1 cm³/mol. The molecule has 4 rings (SSSR count). The van der Waals surface area contributed by atoms with Crippen molar-refractivity contribution in [1.82, 2.24) is 23.5 Å². The van der Waals surface area contributed by atoms with Gasteiger partial charge in [-0.05, 0) is 26.7 Å². The molecule has 0 spiro atoms. The van der Waals surface area contributed by atoms with Gasteiger partial charge in [-0.25, -0.2) is 4.79 Å². The number of aryl methyl sites for hydroxylation is 2. The van der Waals surface area contributed by atoms with Crippen molar-refractivity contribution < 1.29 is 0 Å². The molecule has 7 nitrogen and oxygen atoms in total. The molecule has 122 valence electrons. The zero-order valence-electron chi connectivity index (χ0n) is 13.7. The van der Waals surface area contributed by atoms with Gasteiger partial charge in [0.1, 0.15) is 0 Å². The lowest BCUT2D eigenvalue weighted by molar-refractivity contribution is 0.355. The van der Waals surface area contributed by atoms with Gasteiger partial charge in [0, 0.05) is 24.5 Å². The maximum absolute atomic E-state index is 12.3. The number of H-pyrrole nitrogens is 1. The highest BCUT2D eigenvalue weighted by atomic mass is 16.2. The lowest BCUT2D eigenvalue weighted by atomic mass is 9.95. The molecule has 0 bridgehead atoms. The van der Waals surface area contributed by atoms with E-state index in [-0.39, 0.29) is 5.56 Å². The Hall–Kier alpha value is -2.31. The third-order valence-corrected chi connectivity index (χ3v) is 5.27. The molecule has 1 N–H and O–H groups in total. The molecule has 3 heterocycles. The average molecular weight is 315 g/mol. The number of fused-ring (bicyclic) bond motifs is 3. The van der Waals surface area contributed by atoms with E-state index in [9.17, 15) is 9.59 Å². The lowest BCUT2D eigenvalue weighted by Gasteiger charge is -2.24. The summed E-state index contributed by atoms with van der Waals surface area (Å²) in [5.41, 5.74) is 2.26. The minimum absolute atomic E-state index is 0.375. The van der Waals surface area contributed by atoms with E-state index in [0.717, 1.165) is 30.0 Å². The monoisotopic (exact) mass is 315 g/mol. The molecule has 23 heavy (non-hydrogen) atoms. The molecule has 0 aromatic carbocycles. The first-order valence-corrected chi connectivity index (χ1v) is 8.19. The van der Waals surface area contributed by atoms with Crippen molar-refractivity contribution in [1.29, 1.82) is 0 Å². The van der Waals surface area contributed by atoms with Crippen molar-refractivity contribution in [2.45, 2.75) is 52.0 Å². The van der Waals surface area contributed by atoms with Crippen LogP contribution in [0.3, 0.4) is 0 Å². The quantitative estimate of drug-likeness (QED) is 0.744. The van der Waals surface area contributed by atoms with Crippen molar-refractivity contribution in [3.63, 3.8) is 0 Å². The zero-order valence-corrected chi connectivity index (χ0v) is 13.7. The van der Waals surface area contributed by atoms with Crippen LogP contribution in [-0.2, 0) is 7.05 Å². The van der Waals surface area contributed by atoms with Crippen LogP contribution in [0.25, 0.3) is 16.9 Å². The first-order valence-electron chi connectivity index (χ1n) is 8.19. The molecule has 3 aromatic heterocycles. The van der Waals surface area contributed by atoms with Crippen LogP contribution in [0.4, 0.5) is 0 Å². The molecule has 0 amide bonds. The Morgan fingerprint density at radius 1 is 1.09 bits per heavy atom. The molecular weight excluding hydrogens is 294 g/mol. The molecule has 3 aromatic rings. The SMILES string of the molecule is Cc1c(C)n2c3c(=O)[nH]c(=O)n(C)c3nc2n1C1CCCCC1. The van der Waals surface area contributed by atoms with Gasteiger partial charge in [-0.2, -0.15) is 4.98 Å². The average Bonchev–Trinajstić information content (AvgIpc) is 3.03. The predicted octanol–water partition coefficient (Wildman–Crippen LogP) is 1.80. The number of imidazole rings is 2. The van der Waals surface area contributed by atoms with Crippen LogP contribution in [0.2, 0.25) is 0 Å². The molecule has 0 atom stereocenters. The summed E-state index contributed by atoms with van der Waals surface area (Å²) in [6.07, 6.45) is 6.03. The van der Waals surface area contributed by atoms with Gasteiger partial charge < -0.3 is 4.57 Å². The first-order chi connectivity index (χ1) is 11.0. The maximum Gasteiger partial charge on any atom is 0.329 e. The van der Waals surface area contributed by atoms with Crippen molar-refractivity contribution in [2.75, 3.05) is 0 Å². The summed E-state index contributed by atoms with van der Waals surface area (Å²) in [5, 5.41) is 0. The molecule has 0 unspecified atom stereocenters. The van der Waals surface area contributed by atoms with Crippen LogP contribution in [0.1, 0.15) is 49.5 Å². The van der Waals surface area contributed by atoms with Crippen molar-refractivity contribution >= 4 is 16.9 Å². The van der Waals surface area contributed by atoms with Crippen LogP contribution in [0.5, 0.6) is 0 Å². The summed E-state index contributed by atoms with van der Waals surface area (Å²) in [6.45, 7) is 4.09. The molecular formula is C16H21N5O2. The van der Waals surface area contributed by atoms with E-state index in [1.54, 1.807) is 7.05 Å². The van der Waals surface area contributed by atoms with E-state index in [1.807, 2.05) is 11.3 Å². The van der Waals surface area contributed by atoms with Crippen molar-refractivity contribution in [3.05, 3.63) is 32.2 Å². The normalized spacial score (nSPS) is 16.7. The number of nitrogens with one attached hydrogen (secondary N) is 1. The highest BCUT2D eigenvalue weighted by molar-refractivity contribution is 5.76. The Kier molecular flexibility index (Phi) is 3.01. The number of nitrogens with zero attached hydrogens (tertiary/aromatic N) is 4. The molecule has 7 heteroatoms.